The lowest BCUT2D eigenvalue weighted by Crippen LogP contribution is -2.04. The quantitative estimate of drug-likeness (QED) is 0.354. The van der Waals surface area contributed by atoms with Crippen LogP contribution in [0.3, 0.4) is 0 Å². The molecule has 0 saturated heterocycles. The van der Waals surface area contributed by atoms with Crippen LogP contribution in [0.2, 0.25) is 0 Å². The van der Waals surface area contributed by atoms with Gasteiger partial charge in [0.1, 0.15) is 28.5 Å². The van der Waals surface area contributed by atoms with E-state index in [1.807, 2.05) is 38.1 Å². The zero-order valence-corrected chi connectivity index (χ0v) is 19.5. The molecule has 2 aromatic heterocycles. The molecule has 0 aliphatic carbocycles. The second kappa shape index (κ2) is 8.76. The summed E-state index contributed by atoms with van der Waals surface area (Å²) in [4.78, 5) is 10.8. The number of hydrogen-bond acceptors (Lipinski definition) is 8. The van der Waals surface area contributed by atoms with E-state index in [2.05, 4.69) is 15.3 Å². The van der Waals surface area contributed by atoms with Crippen LogP contribution in [-0.4, -0.2) is 35.9 Å². The molecular weight excluding hydrogens is 446 g/mol. The predicted molar refractivity (Wildman–Crippen MR) is 128 cm³/mol. The molecule has 4 aromatic rings. The zero-order valence-electron chi connectivity index (χ0n) is 17.9. The summed E-state index contributed by atoms with van der Waals surface area (Å²) in [5.41, 5.74) is 2.23. The number of rotatable bonds is 7. The fourth-order valence-electron chi connectivity index (χ4n) is 3.47. The Morgan fingerprint density at radius 2 is 1.84 bits per heavy atom. The maximum atomic E-state index is 12.3. The van der Waals surface area contributed by atoms with Crippen molar-refractivity contribution < 1.29 is 18.3 Å². The first-order chi connectivity index (χ1) is 15.3. The fourth-order valence-corrected chi connectivity index (χ4v) is 5.39. The molecule has 2 aromatic carbocycles. The third-order valence-corrected chi connectivity index (χ3v) is 7.82. The first-order valence-electron chi connectivity index (χ1n) is 10.1. The van der Waals surface area contributed by atoms with Crippen molar-refractivity contribution in [3.8, 4) is 22.6 Å². The molecule has 0 aliphatic heterocycles. The van der Waals surface area contributed by atoms with E-state index in [-0.39, 0.29) is 22.1 Å². The summed E-state index contributed by atoms with van der Waals surface area (Å²) in [5, 5.41) is 14.3. The Bertz CT molecular complexity index is 1380. The van der Waals surface area contributed by atoms with E-state index in [1.165, 1.54) is 24.5 Å². The monoisotopic (exact) mass is 469 g/mol. The molecule has 9 heteroatoms. The van der Waals surface area contributed by atoms with Crippen LogP contribution in [0.4, 0.5) is 11.5 Å². The van der Waals surface area contributed by atoms with Crippen LogP contribution < -0.4 is 10.1 Å². The standard InChI is InChI=1S/C23H23N3O4S2/c1-4-30-16-8-6-15(7-9-16)20-14(3)31-23-21(20)22(24-13-25-23)26-18-12-17(10-11-19(18)27)32(28,29)5-2/h6-13,27H,4-5H2,1-3H3,(H,24,25,26). The average molecular weight is 470 g/mol. The Morgan fingerprint density at radius 3 is 2.53 bits per heavy atom. The Balaban J connectivity index is 1.82. The summed E-state index contributed by atoms with van der Waals surface area (Å²) < 4.78 is 30.2. The van der Waals surface area contributed by atoms with Crippen molar-refractivity contribution in [3.05, 3.63) is 53.7 Å². The minimum Gasteiger partial charge on any atom is -0.506 e. The molecule has 166 valence electrons. The van der Waals surface area contributed by atoms with Gasteiger partial charge in [0, 0.05) is 10.4 Å². The van der Waals surface area contributed by atoms with E-state index in [9.17, 15) is 13.5 Å². The number of nitrogens with zero attached hydrogens (tertiary/aromatic N) is 2. The van der Waals surface area contributed by atoms with Crippen LogP contribution in [-0.2, 0) is 9.84 Å². The van der Waals surface area contributed by atoms with Crippen molar-refractivity contribution in [2.24, 2.45) is 0 Å². The number of ether oxygens (including phenoxy) is 1. The second-order valence-electron chi connectivity index (χ2n) is 7.10. The maximum Gasteiger partial charge on any atom is 0.178 e. The molecule has 0 radical (unpaired) electrons. The first kappa shape index (κ1) is 22.0. The SMILES string of the molecule is CCOc1ccc(-c2c(C)sc3ncnc(Nc4cc(S(=O)(=O)CC)ccc4O)c23)cc1. The van der Waals surface area contributed by atoms with E-state index in [0.717, 1.165) is 32.0 Å². The lowest BCUT2D eigenvalue weighted by Gasteiger charge is -2.12. The van der Waals surface area contributed by atoms with Gasteiger partial charge in [-0.3, -0.25) is 0 Å². The van der Waals surface area contributed by atoms with E-state index < -0.39 is 9.84 Å². The van der Waals surface area contributed by atoms with Gasteiger partial charge in [0.25, 0.3) is 0 Å². The Morgan fingerprint density at radius 1 is 1.09 bits per heavy atom. The third-order valence-electron chi connectivity index (χ3n) is 5.08. The highest BCUT2D eigenvalue weighted by atomic mass is 32.2. The molecule has 0 aliphatic rings. The normalized spacial score (nSPS) is 11.6. The van der Waals surface area contributed by atoms with Crippen LogP contribution in [0, 0.1) is 6.92 Å². The van der Waals surface area contributed by atoms with Gasteiger partial charge in [0.15, 0.2) is 9.84 Å². The summed E-state index contributed by atoms with van der Waals surface area (Å²) in [6, 6.07) is 12.0. The lowest BCUT2D eigenvalue weighted by atomic mass is 10.0. The van der Waals surface area contributed by atoms with Gasteiger partial charge in [-0.2, -0.15) is 0 Å². The Hall–Kier alpha value is -3.17. The molecule has 0 saturated carbocycles. The molecule has 0 atom stereocenters. The number of anilines is 2. The van der Waals surface area contributed by atoms with Gasteiger partial charge in [0.2, 0.25) is 0 Å². The van der Waals surface area contributed by atoms with Crippen molar-refractivity contribution in [1.82, 2.24) is 9.97 Å². The smallest absolute Gasteiger partial charge is 0.178 e. The number of phenolic OH excluding ortho intramolecular Hbond substituents is 1. The number of sulfone groups is 1. The summed E-state index contributed by atoms with van der Waals surface area (Å²) in [5.74, 6) is 1.19. The average Bonchev–Trinajstić information content (AvgIpc) is 3.12. The number of aryl methyl sites for hydroxylation is 1. The van der Waals surface area contributed by atoms with Crippen molar-refractivity contribution >= 4 is 42.9 Å². The summed E-state index contributed by atoms with van der Waals surface area (Å²) in [7, 11) is -3.42. The molecular formula is C23H23N3O4S2. The van der Waals surface area contributed by atoms with Crippen molar-refractivity contribution in [1.29, 1.82) is 0 Å². The van der Waals surface area contributed by atoms with Crippen LogP contribution in [0.1, 0.15) is 18.7 Å². The van der Waals surface area contributed by atoms with Crippen LogP contribution in [0.25, 0.3) is 21.3 Å². The molecule has 32 heavy (non-hydrogen) atoms. The summed E-state index contributed by atoms with van der Waals surface area (Å²) in [6.45, 7) is 6.14. The van der Waals surface area contributed by atoms with Gasteiger partial charge in [-0.15, -0.1) is 11.3 Å². The molecule has 2 N–H and O–H groups in total. The lowest BCUT2D eigenvalue weighted by molar-refractivity contribution is 0.340. The molecule has 2 heterocycles. The minimum atomic E-state index is -3.42. The molecule has 0 spiro atoms. The van der Waals surface area contributed by atoms with E-state index in [1.54, 1.807) is 18.3 Å². The number of nitrogens with one attached hydrogen (secondary N) is 1. The van der Waals surface area contributed by atoms with Gasteiger partial charge < -0.3 is 15.2 Å². The van der Waals surface area contributed by atoms with Crippen LogP contribution in [0.5, 0.6) is 11.5 Å². The first-order valence-corrected chi connectivity index (χ1v) is 12.6. The second-order valence-corrected chi connectivity index (χ2v) is 10.6. The van der Waals surface area contributed by atoms with E-state index >= 15 is 0 Å². The molecule has 0 amide bonds. The van der Waals surface area contributed by atoms with Crippen LogP contribution in [0.15, 0.2) is 53.7 Å². The summed E-state index contributed by atoms with van der Waals surface area (Å²) in [6.07, 6.45) is 1.45. The number of fused-ring (bicyclic) bond motifs is 1. The Labute approximate surface area is 190 Å². The number of aromatic nitrogens is 2. The van der Waals surface area contributed by atoms with E-state index in [0.29, 0.717) is 12.4 Å². The number of thiophene rings is 1. The number of phenols is 1. The number of aromatic hydroxyl groups is 1. The summed E-state index contributed by atoms with van der Waals surface area (Å²) >= 11 is 1.55. The molecule has 0 bridgehead atoms. The van der Waals surface area contributed by atoms with Crippen LogP contribution >= 0.6 is 11.3 Å². The van der Waals surface area contributed by atoms with Gasteiger partial charge in [-0.25, -0.2) is 18.4 Å². The van der Waals surface area contributed by atoms with E-state index in [4.69, 9.17) is 4.74 Å². The molecule has 0 fully saturated rings. The molecule has 0 unspecified atom stereocenters. The third kappa shape index (κ3) is 4.13. The highest BCUT2D eigenvalue weighted by Crippen LogP contribution is 2.42. The van der Waals surface area contributed by atoms with Crippen molar-refractivity contribution in [2.75, 3.05) is 17.7 Å². The minimum absolute atomic E-state index is 0.0272. The van der Waals surface area contributed by atoms with Gasteiger partial charge in [-0.05, 0) is 49.7 Å². The van der Waals surface area contributed by atoms with Gasteiger partial charge >= 0.3 is 0 Å². The van der Waals surface area contributed by atoms with Crippen molar-refractivity contribution in [3.63, 3.8) is 0 Å². The highest BCUT2D eigenvalue weighted by Gasteiger charge is 2.19. The maximum absolute atomic E-state index is 12.3. The predicted octanol–water partition coefficient (Wildman–Crippen LogP) is 5.31. The number of hydrogen-bond donors (Lipinski definition) is 2. The van der Waals surface area contributed by atoms with Crippen molar-refractivity contribution in [2.45, 2.75) is 25.7 Å². The highest BCUT2D eigenvalue weighted by molar-refractivity contribution is 7.91. The molecule has 7 nitrogen and oxygen atoms in total. The largest absolute Gasteiger partial charge is 0.506 e. The topological polar surface area (TPSA) is 101 Å². The van der Waals surface area contributed by atoms with Gasteiger partial charge in [0.05, 0.1) is 28.3 Å². The molecule has 4 rings (SSSR count). The van der Waals surface area contributed by atoms with Gasteiger partial charge in [-0.1, -0.05) is 19.1 Å². The zero-order chi connectivity index (χ0) is 22.9. The fraction of sp³-hybridized carbons (Fsp3) is 0.217. The number of benzene rings is 2. The Kier molecular flexibility index (Phi) is 6.03.